The molecule has 1 rings (SSSR count). The zero-order valence-corrected chi connectivity index (χ0v) is 32.4. The van der Waals surface area contributed by atoms with Crippen molar-refractivity contribution in [2.24, 2.45) is 39.2 Å². The molecule has 0 bridgehead atoms. The Labute approximate surface area is 297 Å². The van der Waals surface area contributed by atoms with Crippen LogP contribution in [0.1, 0.15) is 128 Å². The van der Waals surface area contributed by atoms with Crippen molar-refractivity contribution in [3.63, 3.8) is 0 Å². The molecular formula is C38H64BN3O7. The lowest BCUT2D eigenvalue weighted by Crippen LogP contribution is -2.60. The highest BCUT2D eigenvalue weighted by molar-refractivity contribution is 6.17. The number of esters is 3. The van der Waals surface area contributed by atoms with Crippen LogP contribution in [-0.2, 0) is 33.4 Å². The van der Waals surface area contributed by atoms with Crippen LogP contribution in [0.3, 0.4) is 0 Å². The van der Waals surface area contributed by atoms with Crippen molar-refractivity contribution in [1.29, 1.82) is 5.26 Å². The van der Waals surface area contributed by atoms with E-state index in [0.29, 0.717) is 19.4 Å². The maximum atomic E-state index is 13.7. The fourth-order valence-corrected chi connectivity index (χ4v) is 6.47. The van der Waals surface area contributed by atoms with Crippen molar-refractivity contribution in [2.75, 3.05) is 13.2 Å². The molecule has 1 aliphatic rings. The van der Waals surface area contributed by atoms with Gasteiger partial charge in [-0.2, -0.15) is 5.26 Å². The number of amides is 1. The number of carbonyl (C=O) groups is 4. The van der Waals surface area contributed by atoms with Crippen molar-refractivity contribution in [2.45, 2.75) is 151 Å². The Morgan fingerprint density at radius 1 is 1.04 bits per heavy atom. The molecular weight excluding hydrogens is 621 g/mol. The molecule has 0 aliphatic carbocycles. The third kappa shape index (κ3) is 11.9. The highest BCUT2D eigenvalue weighted by atomic mass is 16.6. The van der Waals surface area contributed by atoms with Crippen LogP contribution in [0.15, 0.2) is 12.7 Å². The van der Waals surface area contributed by atoms with E-state index >= 15 is 0 Å². The topological polar surface area (TPSA) is 158 Å². The molecule has 11 heteroatoms. The predicted molar refractivity (Wildman–Crippen MR) is 192 cm³/mol. The van der Waals surface area contributed by atoms with Crippen LogP contribution >= 0.6 is 0 Å². The first-order valence-corrected chi connectivity index (χ1v) is 17.6. The van der Waals surface area contributed by atoms with Crippen LogP contribution < -0.4 is 11.1 Å². The van der Waals surface area contributed by atoms with Crippen LogP contribution in [0.4, 0.5) is 0 Å². The minimum atomic E-state index is -1.05. The second-order valence-electron chi connectivity index (χ2n) is 17.6. The molecule has 6 atom stereocenters. The summed E-state index contributed by atoms with van der Waals surface area (Å²) in [6.07, 6.45) is 3.53. The molecule has 1 amide bonds. The summed E-state index contributed by atoms with van der Waals surface area (Å²) in [6.45, 7) is 28.4. The van der Waals surface area contributed by atoms with Gasteiger partial charge in [-0.1, -0.05) is 94.5 Å². The highest BCUT2D eigenvalue weighted by Crippen LogP contribution is 2.53. The predicted octanol–water partition coefficient (Wildman–Crippen LogP) is 6.36. The molecule has 276 valence electrons. The Bertz CT molecular complexity index is 1230. The molecule has 0 aromatic heterocycles. The maximum Gasteiger partial charge on any atom is 0.336 e. The number of rotatable bonds is 19. The van der Waals surface area contributed by atoms with Crippen molar-refractivity contribution >= 4 is 31.7 Å². The summed E-state index contributed by atoms with van der Waals surface area (Å²) in [5.74, 6) is -3.73. The molecule has 1 heterocycles. The van der Waals surface area contributed by atoms with Gasteiger partial charge in [0.05, 0.1) is 45.6 Å². The lowest BCUT2D eigenvalue weighted by atomic mass is 9.52. The average molecular weight is 686 g/mol. The summed E-state index contributed by atoms with van der Waals surface area (Å²) >= 11 is 0. The Morgan fingerprint density at radius 3 is 2.10 bits per heavy atom. The van der Waals surface area contributed by atoms with Crippen molar-refractivity contribution in [1.82, 2.24) is 5.32 Å². The maximum absolute atomic E-state index is 13.7. The van der Waals surface area contributed by atoms with Gasteiger partial charge in [-0.05, 0) is 54.3 Å². The van der Waals surface area contributed by atoms with Crippen LogP contribution in [0.5, 0.6) is 0 Å². The zero-order valence-electron chi connectivity index (χ0n) is 32.4. The first kappa shape index (κ1) is 44.3. The number of nitrogens with two attached hydrogens (primary N) is 1. The second kappa shape index (κ2) is 17.0. The molecule has 49 heavy (non-hydrogen) atoms. The van der Waals surface area contributed by atoms with Gasteiger partial charge in [0.2, 0.25) is 5.91 Å². The van der Waals surface area contributed by atoms with Crippen LogP contribution in [0.25, 0.3) is 0 Å². The summed E-state index contributed by atoms with van der Waals surface area (Å²) in [6, 6.07) is 1.29. The van der Waals surface area contributed by atoms with E-state index in [9.17, 15) is 24.4 Å². The molecule has 1 aliphatic heterocycles. The molecule has 1 fully saturated rings. The quantitative estimate of drug-likeness (QED) is 0.0519. The van der Waals surface area contributed by atoms with E-state index in [2.05, 4.69) is 66.4 Å². The van der Waals surface area contributed by atoms with E-state index in [-0.39, 0.29) is 49.7 Å². The van der Waals surface area contributed by atoms with Gasteiger partial charge in [-0.15, -0.1) is 0 Å². The summed E-state index contributed by atoms with van der Waals surface area (Å²) in [7, 11) is 6.71. The first-order valence-electron chi connectivity index (χ1n) is 17.6. The molecule has 10 nitrogen and oxygen atoms in total. The smallest absolute Gasteiger partial charge is 0.336 e. The minimum absolute atomic E-state index is 0.00265. The van der Waals surface area contributed by atoms with Gasteiger partial charge in [-0.3, -0.25) is 9.59 Å². The van der Waals surface area contributed by atoms with Gasteiger partial charge in [0.1, 0.15) is 6.04 Å². The molecule has 0 aromatic carbocycles. The summed E-state index contributed by atoms with van der Waals surface area (Å²) < 4.78 is 17.4. The van der Waals surface area contributed by atoms with Gasteiger partial charge >= 0.3 is 17.9 Å². The zero-order chi connectivity index (χ0) is 38.2. The SMILES string of the molecule is [B]C(C)(CC)C(CC(C)(C)C(C)(N)C(COC(=O)C=C)CC(C)(C)C(C)(C)C(CC(C)(C)C)OCCC#N)C(=O)OC(=O)C1CCC(=O)N1. The first-order chi connectivity index (χ1) is 22.2. The van der Waals surface area contributed by atoms with Crippen molar-refractivity contribution in [3.8, 4) is 6.07 Å². The Kier molecular flexibility index (Phi) is 15.4. The molecule has 2 radical (unpaired) electrons. The van der Waals surface area contributed by atoms with Crippen molar-refractivity contribution in [3.05, 3.63) is 12.7 Å². The van der Waals surface area contributed by atoms with E-state index in [1.807, 2.05) is 27.7 Å². The van der Waals surface area contributed by atoms with Gasteiger partial charge in [0, 0.05) is 24.0 Å². The molecule has 0 spiro atoms. The van der Waals surface area contributed by atoms with Crippen molar-refractivity contribution < 1.29 is 33.4 Å². The third-order valence-electron chi connectivity index (χ3n) is 11.6. The number of hydrogen-bond donors (Lipinski definition) is 2. The Morgan fingerprint density at radius 2 is 1.63 bits per heavy atom. The van der Waals surface area contributed by atoms with Gasteiger partial charge in [0.15, 0.2) is 0 Å². The van der Waals surface area contributed by atoms with Crippen LogP contribution in [0, 0.1) is 44.8 Å². The fraction of sp³-hybridized carbons (Fsp3) is 0.816. The summed E-state index contributed by atoms with van der Waals surface area (Å²) in [4.78, 5) is 50.6. The van der Waals surface area contributed by atoms with Gasteiger partial charge in [0.25, 0.3) is 0 Å². The van der Waals surface area contributed by atoms with E-state index in [0.717, 1.165) is 12.5 Å². The van der Waals surface area contributed by atoms with E-state index in [1.54, 1.807) is 6.92 Å². The van der Waals surface area contributed by atoms with Gasteiger partial charge in [-0.25, -0.2) is 9.59 Å². The van der Waals surface area contributed by atoms with E-state index < -0.39 is 62.9 Å². The van der Waals surface area contributed by atoms with E-state index in [4.69, 9.17) is 27.8 Å². The monoisotopic (exact) mass is 685 g/mol. The third-order valence-corrected chi connectivity index (χ3v) is 11.6. The number of nitrogens with zero attached hydrogens (tertiary/aromatic N) is 1. The summed E-state index contributed by atoms with van der Waals surface area (Å²) in [5, 5.41) is 10.7. The Hall–Kier alpha value is -2.71. The second-order valence-corrected chi connectivity index (χ2v) is 17.6. The number of nitriles is 1. The lowest BCUT2D eigenvalue weighted by Gasteiger charge is -2.54. The summed E-state index contributed by atoms with van der Waals surface area (Å²) in [5.41, 5.74) is 4.60. The number of ether oxygens (including phenoxy) is 3. The number of carbonyl (C=O) groups excluding carboxylic acids is 4. The molecule has 1 saturated heterocycles. The molecule has 0 aromatic rings. The minimum Gasteiger partial charge on any atom is -0.462 e. The number of hydrogen-bond acceptors (Lipinski definition) is 9. The van der Waals surface area contributed by atoms with E-state index in [1.165, 1.54) is 0 Å². The lowest BCUT2D eigenvalue weighted by molar-refractivity contribution is -0.166. The number of nitrogens with one attached hydrogen (secondary N) is 1. The van der Waals surface area contributed by atoms with Crippen LogP contribution in [0.2, 0.25) is 5.31 Å². The van der Waals surface area contributed by atoms with Gasteiger partial charge < -0.3 is 25.3 Å². The molecule has 3 N–H and O–H groups in total. The standard InChI is InChI=1S/C38H64BN3O7/c1-14-30(44)48-24-25(21-34(6,7)36(10,11)28(23-33(3,4)5)47-20-16-19-40)38(13,41)35(8,9)22-26(37(12,39)15-2)31(45)49-32(46)27-17-18-29(43)42-27/h14,25-28H,1,15-18,20-24,41H2,2-13H3,(H,42,43). The normalized spacial score (nSPS) is 20.1. The highest BCUT2D eigenvalue weighted by Gasteiger charge is 2.53. The fourth-order valence-electron chi connectivity index (χ4n) is 6.47. The van der Waals surface area contributed by atoms with Crippen LogP contribution in [-0.4, -0.2) is 62.6 Å². The largest absolute Gasteiger partial charge is 0.462 e. The molecule has 0 saturated carbocycles. The molecule has 6 unspecified atom stereocenters. The Balaban J connectivity index is 3.56. The average Bonchev–Trinajstić information content (AvgIpc) is 3.42.